The highest BCUT2D eigenvalue weighted by Gasteiger charge is 2.17. The molecule has 0 atom stereocenters. The second-order valence-electron chi connectivity index (χ2n) is 6.12. The molecule has 3 nitrogen and oxygen atoms in total. The van der Waals surface area contributed by atoms with Crippen LogP contribution < -0.4 is 5.32 Å². The Kier molecular flexibility index (Phi) is 5.77. The summed E-state index contributed by atoms with van der Waals surface area (Å²) in [5.74, 6) is 2.35. The summed E-state index contributed by atoms with van der Waals surface area (Å²) in [5.41, 5.74) is 1.13. The summed E-state index contributed by atoms with van der Waals surface area (Å²) in [6.07, 6.45) is 9.90. The van der Waals surface area contributed by atoms with E-state index in [1.54, 1.807) is 0 Å². The molecule has 0 radical (unpaired) electrons. The van der Waals surface area contributed by atoms with Gasteiger partial charge in [0.15, 0.2) is 0 Å². The van der Waals surface area contributed by atoms with Crippen molar-refractivity contribution in [1.82, 2.24) is 15.3 Å². The van der Waals surface area contributed by atoms with Crippen LogP contribution in [-0.4, -0.2) is 16.5 Å². The molecule has 2 rings (SSSR count). The molecule has 0 amide bonds. The Labute approximate surface area is 117 Å². The maximum absolute atomic E-state index is 4.76. The fourth-order valence-corrected chi connectivity index (χ4v) is 2.73. The second-order valence-corrected chi connectivity index (χ2v) is 6.12. The van der Waals surface area contributed by atoms with Crippen LogP contribution in [0.2, 0.25) is 0 Å². The Hall–Kier alpha value is -0.960. The van der Waals surface area contributed by atoms with Crippen molar-refractivity contribution in [2.45, 2.75) is 64.8 Å². The molecule has 0 spiro atoms. The van der Waals surface area contributed by atoms with Crippen molar-refractivity contribution in [2.24, 2.45) is 5.92 Å². The van der Waals surface area contributed by atoms with Crippen LogP contribution in [0.1, 0.15) is 69.8 Å². The maximum atomic E-state index is 4.76. The quantitative estimate of drug-likeness (QED) is 0.822. The van der Waals surface area contributed by atoms with Gasteiger partial charge in [0.05, 0.1) is 5.69 Å². The van der Waals surface area contributed by atoms with Crippen molar-refractivity contribution in [3.63, 3.8) is 0 Å². The lowest BCUT2D eigenvalue weighted by Gasteiger charge is -2.13. The van der Waals surface area contributed by atoms with E-state index in [2.05, 4.69) is 24.1 Å². The number of nitrogens with one attached hydrogen (secondary N) is 1. The van der Waals surface area contributed by atoms with Gasteiger partial charge in [-0.1, -0.05) is 39.5 Å². The van der Waals surface area contributed by atoms with Gasteiger partial charge in [0.2, 0.25) is 0 Å². The lowest BCUT2D eigenvalue weighted by Crippen LogP contribution is -2.20. The highest BCUT2D eigenvalue weighted by Crippen LogP contribution is 2.29. The summed E-state index contributed by atoms with van der Waals surface area (Å²) >= 11 is 0. The fourth-order valence-electron chi connectivity index (χ4n) is 2.73. The molecule has 0 aliphatic heterocycles. The topological polar surface area (TPSA) is 37.8 Å². The lowest BCUT2D eigenvalue weighted by molar-refractivity contribution is 0.535. The van der Waals surface area contributed by atoms with Gasteiger partial charge in [-0.25, -0.2) is 9.97 Å². The minimum Gasteiger partial charge on any atom is -0.311 e. The molecule has 0 aromatic carbocycles. The molecular weight excluding hydrogens is 234 g/mol. The summed E-state index contributed by atoms with van der Waals surface area (Å²) in [5, 5.41) is 3.45. The van der Waals surface area contributed by atoms with Gasteiger partial charge in [-0.15, -0.1) is 0 Å². The van der Waals surface area contributed by atoms with Crippen LogP contribution in [0, 0.1) is 5.92 Å². The van der Waals surface area contributed by atoms with Crippen LogP contribution in [0.3, 0.4) is 0 Å². The molecule has 19 heavy (non-hydrogen) atoms. The van der Waals surface area contributed by atoms with Crippen LogP contribution in [0.5, 0.6) is 0 Å². The number of hydrogen-bond donors (Lipinski definition) is 1. The fraction of sp³-hybridized carbons (Fsp3) is 0.750. The third-order valence-corrected chi connectivity index (χ3v) is 3.81. The van der Waals surface area contributed by atoms with Gasteiger partial charge in [-0.05, 0) is 31.4 Å². The van der Waals surface area contributed by atoms with Gasteiger partial charge in [0.25, 0.3) is 0 Å². The largest absolute Gasteiger partial charge is 0.311 e. The minimum absolute atomic E-state index is 0.590. The summed E-state index contributed by atoms with van der Waals surface area (Å²) < 4.78 is 0. The van der Waals surface area contributed by atoms with Gasteiger partial charge in [-0.3, -0.25) is 0 Å². The zero-order valence-electron chi connectivity index (χ0n) is 12.4. The lowest BCUT2D eigenvalue weighted by atomic mass is 9.99. The van der Waals surface area contributed by atoms with Gasteiger partial charge in [-0.2, -0.15) is 0 Å². The number of rotatable bonds is 5. The van der Waals surface area contributed by atoms with Crippen LogP contribution in [-0.2, 0) is 6.54 Å². The first-order valence-corrected chi connectivity index (χ1v) is 7.78. The second kappa shape index (κ2) is 7.59. The van der Waals surface area contributed by atoms with E-state index in [0.29, 0.717) is 11.8 Å². The van der Waals surface area contributed by atoms with Crippen molar-refractivity contribution in [3.05, 3.63) is 23.8 Å². The van der Waals surface area contributed by atoms with E-state index in [1.807, 2.05) is 12.3 Å². The van der Waals surface area contributed by atoms with Gasteiger partial charge in [0, 0.05) is 18.7 Å². The summed E-state index contributed by atoms with van der Waals surface area (Å²) in [4.78, 5) is 9.27. The zero-order chi connectivity index (χ0) is 13.5. The molecule has 106 valence electrons. The van der Waals surface area contributed by atoms with E-state index in [0.717, 1.165) is 24.6 Å². The van der Waals surface area contributed by atoms with Gasteiger partial charge in [0.1, 0.15) is 5.82 Å². The molecule has 1 heterocycles. The van der Waals surface area contributed by atoms with Crippen molar-refractivity contribution in [1.29, 1.82) is 0 Å². The van der Waals surface area contributed by atoms with Gasteiger partial charge < -0.3 is 5.32 Å². The van der Waals surface area contributed by atoms with Gasteiger partial charge >= 0.3 is 0 Å². The predicted octanol–water partition coefficient (Wildman–Crippen LogP) is 3.66. The van der Waals surface area contributed by atoms with Crippen LogP contribution >= 0.6 is 0 Å². The average molecular weight is 261 g/mol. The first kappa shape index (κ1) is 14.4. The van der Waals surface area contributed by atoms with Crippen LogP contribution in [0.4, 0.5) is 0 Å². The van der Waals surface area contributed by atoms with E-state index < -0.39 is 0 Å². The van der Waals surface area contributed by atoms with Crippen molar-refractivity contribution in [2.75, 3.05) is 6.54 Å². The molecule has 1 N–H and O–H groups in total. The number of hydrogen-bond acceptors (Lipinski definition) is 3. The molecule has 1 aliphatic carbocycles. The van der Waals surface area contributed by atoms with Crippen LogP contribution in [0.15, 0.2) is 12.3 Å². The normalized spacial score (nSPS) is 17.6. The third-order valence-electron chi connectivity index (χ3n) is 3.81. The third kappa shape index (κ3) is 4.90. The number of nitrogens with zero attached hydrogens (tertiary/aromatic N) is 2. The standard InChI is InChI=1S/C16H27N3/c1-13(2)11-17-12-15-9-10-18-16(19-15)14-7-5-3-4-6-8-14/h9-10,13-14,17H,3-8,11-12H2,1-2H3. The molecule has 1 saturated carbocycles. The number of aromatic nitrogens is 2. The Morgan fingerprint density at radius 2 is 1.95 bits per heavy atom. The predicted molar refractivity (Wildman–Crippen MR) is 79.0 cm³/mol. The molecule has 1 fully saturated rings. The SMILES string of the molecule is CC(C)CNCc1ccnc(C2CCCCCC2)n1. The van der Waals surface area contributed by atoms with Crippen molar-refractivity contribution < 1.29 is 0 Å². The smallest absolute Gasteiger partial charge is 0.131 e. The first-order chi connectivity index (χ1) is 9.25. The van der Waals surface area contributed by atoms with Crippen LogP contribution in [0.25, 0.3) is 0 Å². The van der Waals surface area contributed by atoms with E-state index >= 15 is 0 Å². The minimum atomic E-state index is 0.590. The molecule has 3 heteroatoms. The van der Waals surface area contributed by atoms with Crippen molar-refractivity contribution in [3.8, 4) is 0 Å². The molecule has 1 aromatic rings. The molecular formula is C16H27N3. The molecule has 0 saturated heterocycles. The Morgan fingerprint density at radius 1 is 1.21 bits per heavy atom. The highest BCUT2D eigenvalue weighted by atomic mass is 14.9. The summed E-state index contributed by atoms with van der Waals surface area (Å²) in [6, 6.07) is 2.04. The monoisotopic (exact) mass is 261 g/mol. The Balaban J connectivity index is 1.93. The zero-order valence-corrected chi connectivity index (χ0v) is 12.4. The van der Waals surface area contributed by atoms with Crippen molar-refractivity contribution >= 4 is 0 Å². The maximum Gasteiger partial charge on any atom is 0.131 e. The molecule has 1 aromatic heterocycles. The average Bonchev–Trinajstić information content (AvgIpc) is 2.67. The molecule has 0 bridgehead atoms. The highest BCUT2D eigenvalue weighted by molar-refractivity contribution is 5.06. The van der Waals surface area contributed by atoms with E-state index in [4.69, 9.17) is 4.98 Å². The summed E-state index contributed by atoms with van der Waals surface area (Å²) in [6.45, 7) is 6.36. The first-order valence-electron chi connectivity index (χ1n) is 7.78. The van der Waals surface area contributed by atoms with E-state index in [1.165, 1.54) is 38.5 Å². The summed E-state index contributed by atoms with van der Waals surface area (Å²) in [7, 11) is 0. The molecule has 0 unspecified atom stereocenters. The van der Waals surface area contributed by atoms with E-state index in [-0.39, 0.29) is 0 Å². The van der Waals surface area contributed by atoms with E-state index in [9.17, 15) is 0 Å². The Morgan fingerprint density at radius 3 is 2.63 bits per heavy atom. The Bertz CT molecular complexity index is 368. The molecule has 1 aliphatic rings.